The van der Waals surface area contributed by atoms with Crippen LogP contribution < -0.4 is 5.73 Å². The van der Waals surface area contributed by atoms with E-state index in [0.717, 1.165) is 12.3 Å². The van der Waals surface area contributed by atoms with Crippen LogP contribution in [0.3, 0.4) is 0 Å². The van der Waals surface area contributed by atoms with E-state index in [2.05, 4.69) is 6.58 Å². The predicted molar refractivity (Wildman–Crippen MR) is 40.1 cm³/mol. The van der Waals surface area contributed by atoms with Gasteiger partial charge in [-0.1, -0.05) is 5.57 Å². The van der Waals surface area contributed by atoms with Crippen molar-refractivity contribution in [1.82, 2.24) is 0 Å². The average Bonchev–Trinajstić information content (AvgIpc) is 2.40. The zero-order valence-corrected chi connectivity index (χ0v) is 6.06. The molecule has 0 spiro atoms. The van der Waals surface area contributed by atoms with E-state index in [-0.39, 0.29) is 0 Å². The molecule has 52 valence electrons. The first-order valence-electron chi connectivity index (χ1n) is 3.60. The number of hydrogen-bond acceptors (Lipinski definition) is 1. The Kier molecular flexibility index (Phi) is 1.91. The molecule has 0 radical (unpaired) electrons. The summed E-state index contributed by atoms with van der Waals surface area (Å²) in [6.07, 6.45) is 3.70. The van der Waals surface area contributed by atoms with E-state index in [1.165, 1.54) is 18.4 Å². The number of hydrogen-bond donors (Lipinski definition) is 1. The van der Waals surface area contributed by atoms with Crippen LogP contribution in [0.15, 0.2) is 12.2 Å². The Balaban J connectivity index is 2.17. The van der Waals surface area contributed by atoms with Gasteiger partial charge in [-0.3, -0.25) is 0 Å². The first-order valence-corrected chi connectivity index (χ1v) is 3.60. The molecule has 0 aromatic carbocycles. The quantitative estimate of drug-likeness (QED) is 0.571. The van der Waals surface area contributed by atoms with E-state index in [1.54, 1.807) is 0 Å². The van der Waals surface area contributed by atoms with Crippen molar-refractivity contribution in [2.45, 2.75) is 32.2 Å². The first-order chi connectivity index (χ1) is 4.20. The zero-order chi connectivity index (χ0) is 6.85. The second-order valence-corrected chi connectivity index (χ2v) is 3.16. The highest BCUT2D eigenvalue weighted by Gasteiger charge is 2.27. The van der Waals surface area contributed by atoms with E-state index in [4.69, 9.17) is 5.73 Å². The smallest absolute Gasteiger partial charge is 0.0104 e. The molecule has 2 N–H and O–H groups in total. The molecule has 1 rings (SSSR count). The van der Waals surface area contributed by atoms with Crippen molar-refractivity contribution < 1.29 is 0 Å². The molecule has 0 aromatic heterocycles. The highest BCUT2D eigenvalue weighted by molar-refractivity contribution is 4.96. The second kappa shape index (κ2) is 2.53. The lowest BCUT2D eigenvalue weighted by Gasteiger charge is -2.07. The van der Waals surface area contributed by atoms with Gasteiger partial charge in [0.1, 0.15) is 0 Å². The van der Waals surface area contributed by atoms with Crippen LogP contribution in [0.5, 0.6) is 0 Å². The summed E-state index contributed by atoms with van der Waals surface area (Å²) in [5, 5.41) is 0. The van der Waals surface area contributed by atoms with Crippen molar-refractivity contribution in [3.8, 4) is 0 Å². The van der Waals surface area contributed by atoms with Gasteiger partial charge >= 0.3 is 0 Å². The summed E-state index contributed by atoms with van der Waals surface area (Å²) in [6, 6.07) is 0.405. The molecule has 9 heavy (non-hydrogen) atoms. The Hall–Kier alpha value is -0.300. The fourth-order valence-corrected chi connectivity index (χ4v) is 1.09. The summed E-state index contributed by atoms with van der Waals surface area (Å²) in [7, 11) is 0. The van der Waals surface area contributed by atoms with Crippen LogP contribution in [0, 0.1) is 5.92 Å². The molecule has 1 fully saturated rings. The van der Waals surface area contributed by atoms with Gasteiger partial charge in [0.2, 0.25) is 0 Å². The monoisotopic (exact) mass is 125 g/mol. The van der Waals surface area contributed by atoms with Crippen LogP contribution in [0.25, 0.3) is 0 Å². The highest BCUT2D eigenvalue weighted by atomic mass is 14.7. The third kappa shape index (κ3) is 2.19. The maximum atomic E-state index is 5.82. The molecular weight excluding hydrogens is 110 g/mol. The van der Waals surface area contributed by atoms with E-state index < -0.39 is 0 Å². The van der Waals surface area contributed by atoms with Gasteiger partial charge < -0.3 is 5.73 Å². The van der Waals surface area contributed by atoms with Gasteiger partial charge in [-0.15, -0.1) is 6.58 Å². The van der Waals surface area contributed by atoms with E-state index in [1.807, 2.05) is 6.92 Å². The Morgan fingerprint density at radius 2 is 2.33 bits per heavy atom. The Morgan fingerprint density at radius 1 is 1.78 bits per heavy atom. The van der Waals surface area contributed by atoms with Crippen molar-refractivity contribution in [2.75, 3.05) is 0 Å². The van der Waals surface area contributed by atoms with Crippen molar-refractivity contribution in [1.29, 1.82) is 0 Å². The van der Waals surface area contributed by atoms with Crippen LogP contribution in [0.4, 0.5) is 0 Å². The lowest BCUT2D eigenvalue weighted by Crippen LogP contribution is -2.22. The number of nitrogens with two attached hydrogens (primary N) is 1. The SMILES string of the molecule is C=C(C)CC(N)C1CC1. The molecular formula is C8H15N. The summed E-state index contributed by atoms with van der Waals surface area (Å²) >= 11 is 0. The third-order valence-corrected chi connectivity index (χ3v) is 1.81. The largest absolute Gasteiger partial charge is 0.327 e. The summed E-state index contributed by atoms with van der Waals surface area (Å²) in [6.45, 7) is 5.87. The standard InChI is InChI=1S/C8H15N/c1-6(2)5-8(9)7-3-4-7/h7-8H,1,3-5,9H2,2H3. The van der Waals surface area contributed by atoms with Gasteiger partial charge in [0.25, 0.3) is 0 Å². The molecule has 1 nitrogen and oxygen atoms in total. The minimum atomic E-state index is 0.405. The third-order valence-electron chi connectivity index (χ3n) is 1.81. The summed E-state index contributed by atoms with van der Waals surface area (Å²) in [4.78, 5) is 0. The first kappa shape index (κ1) is 6.81. The molecule has 1 aliphatic rings. The second-order valence-electron chi connectivity index (χ2n) is 3.16. The topological polar surface area (TPSA) is 26.0 Å². The molecule has 0 amide bonds. The van der Waals surface area contributed by atoms with Crippen LogP contribution in [0.1, 0.15) is 26.2 Å². The highest BCUT2D eigenvalue weighted by Crippen LogP contribution is 2.33. The molecule has 0 aromatic rings. The molecule has 0 bridgehead atoms. The maximum Gasteiger partial charge on any atom is 0.0104 e. The van der Waals surface area contributed by atoms with E-state index in [0.29, 0.717) is 6.04 Å². The lowest BCUT2D eigenvalue weighted by atomic mass is 10.1. The fourth-order valence-electron chi connectivity index (χ4n) is 1.09. The Bertz CT molecular complexity index is 114. The van der Waals surface area contributed by atoms with Crippen LogP contribution in [-0.2, 0) is 0 Å². The summed E-state index contributed by atoms with van der Waals surface area (Å²) in [5.74, 6) is 0.821. The van der Waals surface area contributed by atoms with Gasteiger partial charge in [0.05, 0.1) is 0 Å². The minimum Gasteiger partial charge on any atom is -0.327 e. The van der Waals surface area contributed by atoms with Crippen molar-refractivity contribution in [2.24, 2.45) is 11.7 Å². The molecule has 0 heterocycles. The van der Waals surface area contributed by atoms with Gasteiger partial charge in [-0.2, -0.15) is 0 Å². The van der Waals surface area contributed by atoms with E-state index in [9.17, 15) is 0 Å². The average molecular weight is 125 g/mol. The molecule has 0 aliphatic heterocycles. The molecule has 1 saturated carbocycles. The van der Waals surface area contributed by atoms with Crippen LogP contribution in [0.2, 0.25) is 0 Å². The zero-order valence-electron chi connectivity index (χ0n) is 6.06. The van der Waals surface area contributed by atoms with Crippen LogP contribution >= 0.6 is 0 Å². The van der Waals surface area contributed by atoms with Crippen LogP contribution in [-0.4, -0.2) is 6.04 Å². The van der Waals surface area contributed by atoms with Gasteiger partial charge in [0, 0.05) is 6.04 Å². The molecule has 1 atom stereocenters. The normalized spacial score (nSPS) is 21.6. The van der Waals surface area contributed by atoms with Gasteiger partial charge in [-0.05, 0) is 32.1 Å². The Labute approximate surface area is 56.9 Å². The van der Waals surface area contributed by atoms with Crippen molar-refractivity contribution >= 4 is 0 Å². The minimum absolute atomic E-state index is 0.405. The predicted octanol–water partition coefficient (Wildman–Crippen LogP) is 1.69. The van der Waals surface area contributed by atoms with Gasteiger partial charge in [-0.25, -0.2) is 0 Å². The molecule has 1 unspecified atom stereocenters. The van der Waals surface area contributed by atoms with Crippen molar-refractivity contribution in [3.63, 3.8) is 0 Å². The molecule has 1 aliphatic carbocycles. The summed E-state index contributed by atoms with van der Waals surface area (Å²) in [5.41, 5.74) is 7.04. The van der Waals surface area contributed by atoms with Gasteiger partial charge in [0.15, 0.2) is 0 Å². The number of rotatable bonds is 3. The summed E-state index contributed by atoms with van der Waals surface area (Å²) < 4.78 is 0. The Morgan fingerprint density at radius 3 is 2.67 bits per heavy atom. The molecule has 0 saturated heterocycles. The fraction of sp³-hybridized carbons (Fsp3) is 0.750. The lowest BCUT2D eigenvalue weighted by molar-refractivity contribution is 0.589. The van der Waals surface area contributed by atoms with E-state index >= 15 is 0 Å². The maximum absolute atomic E-state index is 5.82. The molecule has 1 heteroatoms. The van der Waals surface area contributed by atoms with Crippen molar-refractivity contribution in [3.05, 3.63) is 12.2 Å².